The van der Waals surface area contributed by atoms with E-state index in [1.807, 2.05) is 30.5 Å². The first kappa shape index (κ1) is 98.4. The van der Waals surface area contributed by atoms with Crippen molar-refractivity contribution < 1.29 is 28.8 Å². The van der Waals surface area contributed by atoms with Gasteiger partial charge in [0.05, 0.1) is 34.7 Å². The SMILES string of the molecule is CCC1(CC)CC(=O)C2=C(Cc3n[nH]c(C)c3C2c2ccccc2)C1.Cc1[nH]nc2c1C(c1ccccc1)C1=C(C2)CC(C)(C)CC1=O.Cc1[nH]nc2c1[C@@H](c1ccccc1)C1=C(C2)CC(C)(C)CC1=O.Cc1[nH]nc2c1[C@H](c1ccccc1)C1=C(C2)CC(C)(C)CC1=O.Cc1ccccc1C1C2=C(Cc3[nH]ncc31)CC(C)(C)CC2=O.Cc1ccccc1C1C2=C(Cc3n[nH]c(C)c31)CC1(CCCCC1)CC2=O. The Morgan fingerprint density at radius 1 is 0.271 bits per heavy atom. The highest BCUT2D eigenvalue weighted by Gasteiger charge is 2.51. The number of nitrogens with zero attached hydrogens (tertiary/aromatic N) is 6. The monoisotopic (exact) mass is 1920 g/mol. The van der Waals surface area contributed by atoms with Gasteiger partial charge in [-0.15, -0.1) is 0 Å². The lowest BCUT2D eigenvalue weighted by molar-refractivity contribution is -0.120. The maximum atomic E-state index is 13.6. The average molecular weight is 1920 g/mol. The molecule has 25 rings (SSSR count). The van der Waals surface area contributed by atoms with E-state index < -0.39 is 0 Å². The number of fused-ring (bicyclic) bond motifs is 6. The maximum Gasteiger partial charge on any atom is 0.160 e. The molecule has 13 aliphatic carbocycles. The normalized spacial score (nSPS) is 22.8. The minimum absolute atomic E-state index is 0.0392. The van der Waals surface area contributed by atoms with Crippen molar-refractivity contribution >= 4 is 34.7 Å². The van der Waals surface area contributed by atoms with Crippen LogP contribution in [0.1, 0.15) is 367 Å². The van der Waals surface area contributed by atoms with E-state index in [4.69, 9.17) is 0 Å². The first-order chi connectivity index (χ1) is 69.0. The summed E-state index contributed by atoms with van der Waals surface area (Å²) in [7, 11) is 0. The molecule has 0 aliphatic heterocycles. The van der Waals surface area contributed by atoms with Gasteiger partial charge in [0.1, 0.15) is 0 Å². The lowest BCUT2D eigenvalue weighted by Gasteiger charge is -2.44. The van der Waals surface area contributed by atoms with Crippen LogP contribution in [0.15, 0.2) is 243 Å². The van der Waals surface area contributed by atoms with Crippen molar-refractivity contribution in [1.82, 2.24) is 61.2 Å². The molecule has 6 aromatic heterocycles. The van der Waals surface area contributed by atoms with E-state index in [1.54, 1.807) is 0 Å². The third-order valence-corrected chi connectivity index (χ3v) is 34.5. The minimum Gasteiger partial charge on any atom is -0.294 e. The van der Waals surface area contributed by atoms with Gasteiger partial charge in [-0.1, -0.05) is 292 Å². The topological polar surface area (TPSA) is 274 Å². The summed E-state index contributed by atoms with van der Waals surface area (Å²) in [6, 6.07) is 58.6. The molecule has 6 atom stereocenters. The zero-order valence-corrected chi connectivity index (χ0v) is 87.5. The molecule has 6 heterocycles. The van der Waals surface area contributed by atoms with E-state index >= 15 is 0 Å². The lowest BCUT2D eigenvalue weighted by Crippen LogP contribution is -2.36. The third kappa shape index (κ3) is 18.7. The average Bonchev–Trinajstić information content (AvgIpc) is 1.35. The second-order valence-corrected chi connectivity index (χ2v) is 47.6. The fourth-order valence-electron chi connectivity index (χ4n) is 28.1. The van der Waals surface area contributed by atoms with Gasteiger partial charge in [0.15, 0.2) is 34.7 Å². The van der Waals surface area contributed by atoms with Crippen LogP contribution in [0.4, 0.5) is 0 Å². The Labute approximate surface area is 849 Å². The highest BCUT2D eigenvalue weighted by atomic mass is 16.1. The van der Waals surface area contributed by atoms with Gasteiger partial charge in [-0.2, -0.15) is 30.6 Å². The number of hydrogen-bond donors (Lipinski definition) is 6. The Hall–Kier alpha value is -13.0. The summed E-state index contributed by atoms with van der Waals surface area (Å²) >= 11 is 0. The van der Waals surface area contributed by atoms with Gasteiger partial charge in [-0.25, -0.2) is 0 Å². The highest BCUT2D eigenvalue weighted by molar-refractivity contribution is 6.04. The fraction of sp³-hybridized carbons (Fsp3) is 0.429. The number of aromatic nitrogens is 12. The van der Waals surface area contributed by atoms with E-state index in [2.05, 4.69) is 324 Å². The number of rotatable bonds is 8. The van der Waals surface area contributed by atoms with Gasteiger partial charge < -0.3 is 0 Å². The molecule has 0 saturated heterocycles. The van der Waals surface area contributed by atoms with E-state index in [9.17, 15) is 28.8 Å². The number of aryl methyl sites for hydroxylation is 7. The Bertz CT molecular complexity index is 6860. The molecule has 1 spiro atoms. The Balaban J connectivity index is 0.000000106. The van der Waals surface area contributed by atoms with Gasteiger partial charge in [0, 0.05) is 214 Å². The molecule has 742 valence electrons. The number of Topliss-reactive ketones (excluding diaryl/α,β-unsaturated/α-hetero) is 6. The molecule has 0 amide bonds. The smallest absolute Gasteiger partial charge is 0.160 e. The molecule has 12 aromatic rings. The Morgan fingerprint density at radius 3 is 0.875 bits per heavy atom. The zero-order valence-electron chi connectivity index (χ0n) is 87.5. The number of benzene rings is 6. The number of carbonyl (C=O) groups excluding carboxylic acids is 6. The van der Waals surface area contributed by atoms with Gasteiger partial charge in [-0.05, 0) is 190 Å². The molecule has 4 unspecified atom stereocenters. The molecule has 1 saturated carbocycles. The standard InChI is InChI=1S/C24H28N2O.C22H26N2O.4C20H22N2O/c1-15-8-4-5-9-18(15)23-21-16(2)25-26-19(21)12-17-13-24(10-6-3-7-11-24)14-20(27)22(17)23;1-4-22(5-2)12-16-11-17-19(14(3)23-24-17)21(20(16)18(25)13-22)15-9-7-6-8-10-15;1-12-6-4-5-7-14(12)19-15-11-21-22-16(15)8-13-9-20(2,3)10-17(23)18(13)19;3*1-12-17-15(22-21-12)9-14-10-20(2,3)11-16(23)18(14)19(17)13-7-5-4-6-8-13/h4-5,8-9,23H,3,6-7,10-14H2,1-2H3,(H,25,26);6-10,21H,4-5,11-13H2,1-3H3,(H,23,24);4-7,11,19H,8-10H2,1-3H3,(H,21,22);3*4-8,19H,9-11H2,1-3H3,(H,21,22)/t;;;2*19-;/m...10./s1. The summed E-state index contributed by atoms with van der Waals surface area (Å²) in [4.78, 5) is 78.8. The second kappa shape index (κ2) is 38.9. The first-order valence-electron chi connectivity index (χ1n) is 53.0. The van der Waals surface area contributed by atoms with Gasteiger partial charge in [0.2, 0.25) is 0 Å². The number of hydrogen-bond acceptors (Lipinski definition) is 12. The Kier molecular flexibility index (Phi) is 26.6. The number of allylic oxidation sites excluding steroid dienone is 12. The summed E-state index contributed by atoms with van der Waals surface area (Å²) in [6.07, 6.45) is 25.4. The van der Waals surface area contributed by atoms with E-state index in [1.165, 1.54) is 149 Å². The molecular formula is C126H142N12O6. The molecule has 13 aliphatic rings. The molecule has 0 bridgehead atoms. The zero-order chi connectivity index (χ0) is 101. The van der Waals surface area contributed by atoms with Crippen LogP contribution in [0, 0.1) is 81.0 Å². The van der Waals surface area contributed by atoms with E-state index in [0.29, 0.717) is 66.8 Å². The van der Waals surface area contributed by atoms with Gasteiger partial charge in [0.25, 0.3) is 0 Å². The summed E-state index contributed by atoms with van der Waals surface area (Å²) < 4.78 is 0. The first-order valence-corrected chi connectivity index (χ1v) is 53.0. The largest absolute Gasteiger partial charge is 0.294 e. The summed E-state index contributed by atoms with van der Waals surface area (Å²) in [5.41, 5.74) is 44.0. The van der Waals surface area contributed by atoms with E-state index in [0.717, 1.165) is 187 Å². The molecule has 144 heavy (non-hydrogen) atoms. The minimum atomic E-state index is 0.0392. The fourth-order valence-corrected chi connectivity index (χ4v) is 28.1. The summed E-state index contributed by atoms with van der Waals surface area (Å²) in [5, 5.41) is 46.0. The molecule has 18 heteroatoms. The van der Waals surface area contributed by atoms with Crippen molar-refractivity contribution in [2.45, 2.75) is 314 Å². The highest BCUT2D eigenvalue weighted by Crippen LogP contribution is 2.59. The molecule has 6 N–H and O–H groups in total. The van der Waals surface area contributed by atoms with Crippen LogP contribution in [-0.2, 0) is 67.3 Å². The van der Waals surface area contributed by atoms with Crippen LogP contribution in [0.2, 0.25) is 0 Å². The number of aromatic amines is 6. The lowest BCUT2D eigenvalue weighted by atomic mass is 9.59. The van der Waals surface area contributed by atoms with Crippen LogP contribution in [-0.4, -0.2) is 95.9 Å². The molecule has 6 aromatic carbocycles. The predicted molar refractivity (Wildman–Crippen MR) is 568 cm³/mol. The van der Waals surface area contributed by atoms with Gasteiger partial charge in [-0.3, -0.25) is 59.4 Å². The summed E-state index contributed by atoms with van der Waals surface area (Å²) in [6.45, 7) is 36.6. The maximum absolute atomic E-state index is 13.6. The van der Waals surface area contributed by atoms with Crippen molar-refractivity contribution in [2.24, 2.45) is 32.5 Å². The van der Waals surface area contributed by atoms with Crippen molar-refractivity contribution in [1.29, 1.82) is 0 Å². The second-order valence-electron chi connectivity index (χ2n) is 47.6. The van der Waals surface area contributed by atoms with Crippen LogP contribution >= 0.6 is 0 Å². The number of nitrogens with one attached hydrogen (secondary N) is 6. The van der Waals surface area contributed by atoms with Crippen molar-refractivity contribution in [3.63, 3.8) is 0 Å². The quantitative estimate of drug-likeness (QED) is 0.0829. The molecular weight excluding hydrogens is 1780 g/mol. The van der Waals surface area contributed by atoms with Crippen LogP contribution in [0.25, 0.3) is 0 Å². The van der Waals surface area contributed by atoms with Crippen molar-refractivity contribution in [2.75, 3.05) is 0 Å². The van der Waals surface area contributed by atoms with Crippen molar-refractivity contribution in [3.05, 3.63) is 383 Å². The Morgan fingerprint density at radius 2 is 0.542 bits per heavy atom. The number of carbonyl (C=O) groups is 6. The number of ketones is 6. The summed E-state index contributed by atoms with van der Waals surface area (Å²) in [5.74, 6) is 2.27. The van der Waals surface area contributed by atoms with E-state index in [-0.39, 0.29) is 68.0 Å². The van der Waals surface area contributed by atoms with Crippen LogP contribution in [0.5, 0.6) is 0 Å². The molecule has 18 nitrogen and oxygen atoms in total. The van der Waals surface area contributed by atoms with Crippen LogP contribution < -0.4 is 0 Å². The van der Waals surface area contributed by atoms with Crippen molar-refractivity contribution in [3.8, 4) is 0 Å². The predicted octanol–water partition coefficient (Wildman–Crippen LogP) is 26.6. The van der Waals surface area contributed by atoms with Gasteiger partial charge >= 0.3 is 0 Å². The number of H-pyrrole nitrogens is 6. The molecule has 0 radical (unpaired) electrons. The van der Waals surface area contributed by atoms with Crippen LogP contribution in [0.3, 0.4) is 0 Å². The third-order valence-electron chi connectivity index (χ3n) is 34.5. The molecule has 1 fully saturated rings.